The number of aromatic nitrogens is 2. The van der Waals surface area contributed by atoms with Gasteiger partial charge in [-0.2, -0.15) is 5.26 Å². The van der Waals surface area contributed by atoms with Gasteiger partial charge in [-0.15, -0.1) is 0 Å². The van der Waals surface area contributed by atoms with E-state index >= 15 is 0 Å². The van der Waals surface area contributed by atoms with E-state index in [1.807, 2.05) is 23.1 Å². The van der Waals surface area contributed by atoms with Crippen LogP contribution in [0, 0.1) is 11.3 Å². The highest BCUT2D eigenvalue weighted by Crippen LogP contribution is 2.44. The van der Waals surface area contributed by atoms with Crippen molar-refractivity contribution >= 4 is 11.7 Å². The van der Waals surface area contributed by atoms with Crippen LogP contribution in [-0.2, 0) is 15.1 Å². The molecule has 2 aromatic heterocycles. The number of carbonyl (C=O) groups is 1. The molecule has 2 unspecified atom stereocenters. The minimum absolute atomic E-state index is 0.0310. The number of pyridine rings is 2. The Balaban J connectivity index is 1.23. The predicted molar refractivity (Wildman–Crippen MR) is 117 cm³/mol. The minimum atomic E-state index is -0.489. The highest BCUT2D eigenvalue weighted by Gasteiger charge is 2.44. The van der Waals surface area contributed by atoms with Gasteiger partial charge in [-0.1, -0.05) is 0 Å². The molecule has 3 aliphatic rings. The fourth-order valence-corrected chi connectivity index (χ4v) is 5.14. The average molecular weight is 434 g/mol. The van der Waals surface area contributed by atoms with Gasteiger partial charge in [0.25, 0.3) is 0 Å². The number of nitriles is 1. The van der Waals surface area contributed by atoms with Gasteiger partial charge < -0.3 is 19.3 Å². The van der Waals surface area contributed by atoms with Crippen LogP contribution in [0.25, 0.3) is 0 Å². The minimum Gasteiger partial charge on any atom is -0.497 e. The zero-order valence-corrected chi connectivity index (χ0v) is 18.2. The van der Waals surface area contributed by atoms with Crippen molar-refractivity contribution in [1.82, 2.24) is 14.9 Å². The third-order valence-corrected chi connectivity index (χ3v) is 7.04. The molecule has 1 saturated carbocycles. The summed E-state index contributed by atoms with van der Waals surface area (Å²) >= 11 is 0. The molecule has 8 heteroatoms. The van der Waals surface area contributed by atoms with Crippen LogP contribution in [0.2, 0.25) is 0 Å². The van der Waals surface area contributed by atoms with E-state index in [0.29, 0.717) is 18.7 Å². The number of amides is 1. The lowest BCUT2D eigenvalue weighted by molar-refractivity contribution is -0.155. The van der Waals surface area contributed by atoms with Gasteiger partial charge in [0.2, 0.25) is 5.91 Å². The van der Waals surface area contributed by atoms with E-state index in [4.69, 9.17) is 14.7 Å². The third kappa shape index (κ3) is 3.67. The van der Waals surface area contributed by atoms with E-state index in [-0.39, 0.29) is 24.6 Å². The van der Waals surface area contributed by atoms with Gasteiger partial charge in [-0.05, 0) is 50.3 Å². The van der Waals surface area contributed by atoms with Crippen molar-refractivity contribution in [3.8, 4) is 11.8 Å². The number of ether oxygens (including phenoxy) is 2. The molecule has 4 heterocycles. The Bertz CT molecular complexity index is 1020. The summed E-state index contributed by atoms with van der Waals surface area (Å²) in [7, 11) is 1.64. The lowest BCUT2D eigenvalue weighted by Gasteiger charge is -2.43. The number of fused-ring (bicyclic) bond motifs is 2. The van der Waals surface area contributed by atoms with Crippen LogP contribution in [-0.4, -0.2) is 59.7 Å². The Labute approximate surface area is 187 Å². The van der Waals surface area contributed by atoms with E-state index in [9.17, 15) is 4.79 Å². The molecule has 3 fully saturated rings. The third-order valence-electron chi connectivity index (χ3n) is 7.04. The van der Waals surface area contributed by atoms with Crippen molar-refractivity contribution in [3.05, 3.63) is 47.9 Å². The summed E-state index contributed by atoms with van der Waals surface area (Å²) in [6, 6.07) is 10.0. The first-order chi connectivity index (χ1) is 15.6. The van der Waals surface area contributed by atoms with E-state index < -0.39 is 5.60 Å². The second-order valence-corrected chi connectivity index (χ2v) is 8.83. The van der Waals surface area contributed by atoms with E-state index in [0.717, 1.165) is 49.4 Å². The maximum absolute atomic E-state index is 13.1. The van der Waals surface area contributed by atoms with Gasteiger partial charge in [-0.3, -0.25) is 9.78 Å². The fourth-order valence-electron chi connectivity index (χ4n) is 5.14. The van der Waals surface area contributed by atoms with Crippen LogP contribution in [0.3, 0.4) is 0 Å². The summed E-state index contributed by atoms with van der Waals surface area (Å²) < 4.78 is 11.6. The Morgan fingerprint density at radius 3 is 2.59 bits per heavy atom. The molecule has 0 radical (unpaired) electrons. The first kappa shape index (κ1) is 20.7. The summed E-state index contributed by atoms with van der Waals surface area (Å²) in [6.45, 7) is 1.41. The topological polar surface area (TPSA) is 91.6 Å². The molecule has 166 valence electrons. The number of rotatable bonds is 6. The Kier molecular flexibility index (Phi) is 5.43. The SMILES string of the molecule is COc1ccnc(C2(OCC(=O)N3CC4CCC(C3)N4c3ccc(C#N)cn3)CCC2)c1. The molecule has 0 N–H and O–H groups in total. The monoisotopic (exact) mass is 433 g/mol. The number of carbonyl (C=O) groups excluding carboxylic acids is 1. The van der Waals surface area contributed by atoms with Crippen molar-refractivity contribution in [2.24, 2.45) is 0 Å². The molecule has 1 amide bonds. The Hall–Kier alpha value is -3.18. The zero-order chi connectivity index (χ0) is 22.1. The molecule has 1 aliphatic carbocycles. The molecule has 8 nitrogen and oxygen atoms in total. The van der Waals surface area contributed by atoms with Crippen LogP contribution in [0.4, 0.5) is 5.82 Å². The molecule has 0 aromatic carbocycles. The molecule has 32 heavy (non-hydrogen) atoms. The first-order valence-electron chi connectivity index (χ1n) is 11.2. The number of hydrogen-bond donors (Lipinski definition) is 0. The lowest BCUT2D eigenvalue weighted by atomic mass is 9.77. The molecule has 5 rings (SSSR count). The summed E-state index contributed by atoms with van der Waals surface area (Å²) in [4.78, 5) is 26.3. The van der Waals surface area contributed by atoms with E-state index in [2.05, 4.69) is 20.9 Å². The second kappa shape index (κ2) is 8.40. The summed E-state index contributed by atoms with van der Waals surface area (Å²) in [5.41, 5.74) is 0.910. The maximum atomic E-state index is 13.1. The smallest absolute Gasteiger partial charge is 0.248 e. The molecule has 2 aromatic rings. The molecule has 0 spiro atoms. The Morgan fingerprint density at radius 2 is 2.00 bits per heavy atom. The average Bonchev–Trinajstić information content (AvgIpc) is 3.07. The van der Waals surface area contributed by atoms with Crippen molar-refractivity contribution in [1.29, 1.82) is 5.26 Å². The number of likely N-dealkylation sites (tertiary alicyclic amines) is 1. The highest BCUT2D eigenvalue weighted by molar-refractivity contribution is 5.78. The van der Waals surface area contributed by atoms with Crippen LogP contribution >= 0.6 is 0 Å². The van der Waals surface area contributed by atoms with Gasteiger partial charge in [0.05, 0.1) is 18.4 Å². The lowest BCUT2D eigenvalue weighted by Crippen LogP contribution is -2.56. The standard InChI is InChI=1S/C24H27N5O3/c1-31-20-7-10-26-21(11-20)24(8-2-9-24)32-16-23(30)28-14-18-4-5-19(15-28)29(18)22-6-3-17(12-25)13-27-22/h3,6-7,10-11,13,18-19H,2,4-5,8-9,14-16H2,1H3. The van der Waals surface area contributed by atoms with Crippen molar-refractivity contribution in [3.63, 3.8) is 0 Å². The Morgan fingerprint density at radius 1 is 1.22 bits per heavy atom. The molecular weight excluding hydrogens is 406 g/mol. The normalized spacial score (nSPS) is 23.4. The van der Waals surface area contributed by atoms with Gasteiger partial charge >= 0.3 is 0 Å². The van der Waals surface area contributed by atoms with Crippen molar-refractivity contribution in [2.75, 3.05) is 31.7 Å². The predicted octanol–water partition coefficient (Wildman–Crippen LogP) is 2.63. The summed E-state index contributed by atoms with van der Waals surface area (Å²) in [5, 5.41) is 9.01. The summed E-state index contributed by atoms with van der Waals surface area (Å²) in [5.74, 6) is 1.67. The van der Waals surface area contributed by atoms with Crippen molar-refractivity contribution in [2.45, 2.75) is 49.8 Å². The van der Waals surface area contributed by atoms with Gasteiger partial charge in [-0.25, -0.2) is 4.98 Å². The van der Waals surface area contributed by atoms with Crippen LogP contribution in [0.5, 0.6) is 5.75 Å². The van der Waals surface area contributed by atoms with Gasteiger partial charge in [0.15, 0.2) is 0 Å². The quantitative estimate of drug-likeness (QED) is 0.691. The number of hydrogen-bond acceptors (Lipinski definition) is 7. The zero-order valence-electron chi connectivity index (χ0n) is 18.2. The van der Waals surface area contributed by atoms with Crippen molar-refractivity contribution < 1.29 is 14.3 Å². The van der Waals surface area contributed by atoms with Gasteiger partial charge in [0, 0.05) is 43.6 Å². The maximum Gasteiger partial charge on any atom is 0.248 e. The first-order valence-corrected chi connectivity index (χ1v) is 11.2. The van der Waals surface area contributed by atoms with Gasteiger partial charge in [0.1, 0.15) is 29.8 Å². The molecular formula is C24H27N5O3. The number of anilines is 1. The fraction of sp³-hybridized carbons (Fsp3) is 0.500. The second-order valence-electron chi connectivity index (χ2n) is 8.83. The van der Waals surface area contributed by atoms with Crippen LogP contribution < -0.4 is 9.64 Å². The van der Waals surface area contributed by atoms with E-state index in [1.54, 1.807) is 25.6 Å². The molecule has 2 atom stereocenters. The highest BCUT2D eigenvalue weighted by atomic mass is 16.5. The van der Waals surface area contributed by atoms with Crippen LogP contribution in [0.15, 0.2) is 36.7 Å². The number of methoxy groups -OCH3 is 1. The summed E-state index contributed by atoms with van der Waals surface area (Å²) in [6.07, 6.45) is 8.21. The molecule has 2 saturated heterocycles. The molecule has 2 bridgehead atoms. The van der Waals surface area contributed by atoms with Crippen LogP contribution in [0.1, 0.15) is 43.4 Å². The number of piperazine rings is 1. The van der Waals surface area contributed by atoms with E-state index in [1.165, 1.54) is 0 Å². The molecule has 2 aliphatic heterocycles. The number of nitrogens with zero attached hydrogens (tertiary/aromatic N) is 5. The largest absolute Gasteiger partial charge is 0.497 e.